The first kappa shape index (κ1) is 25.6. The fourth-order valence-corrected chi connectivity index (χ4v) is 6.82. The number of hydrogen-bond donors (Lipinski definition) is 2. The first-order valence-corrected chi connectivity index (χ1v) is 13.3. The third-order valence-electron chi connectivity index (χ3n) is 6.88. The van der Waals surface area contributed by atoms with Crippen molar-refractivity contribution in [1.82, 2.24) is 9.78 Å². The maximum absolute atomic E-state index is 14.1. The highest BCUT2D eigenvalue weighted by molar-refractivity contribution is 9.10. The molecule has 0 saturated carbocycles. The van der Waals surface area contributed by atoms with Gasteiger partial charge in [-0.25, -0.2) is 4.68 Å². The Morgan fingerprint density at radius 2 is 2.08 bits per heavy atom. The van der Waals surface area contributed by atoms with Crippen LogP contribution in [0.4, 0.5) is 24.0 Å². The van der Waals surface area contributed by atoms with E-state index in [0.29, 0.717) is 27.8 Å². The molecule has 3 heterocycles. The standard InChI is InChI=1S/C25H23BrF3N5O2S/c1-12-3-8-15-16(11-30)24(37-18(15)9-12)32-23(35)21-20(26)22-31-17(13-4-6-14(36-2)7-5-13)10-19(25(27,28)29)34(22)33-21/h4-7,12,17,19,31H,3,8-10H2,1-2H3,(H,32,35)/t12-,17-,19-/m0/s1. The number of halogens is 4. The Morgan fingerprint density at radius 1 is 1.35 bits per heavy atom. The second-order valence-electron chi connectivity index (χ2n) is 9.34. The molecule has 5 rings (SSSR count). The number of nitrogens with zero attached hydrogens (tertiary/aromatic N) is 3. The fourth-order valence-electron chi connectivity index (χ4n) is 4.91. The van der Waals surface area contributed by atoms with Crippen LogP contribution in [0.15, 0.2) is 28.7 Å². The van der Waals surface area contributed by atoms with E-state index in [1.165, 1.54) is 18.4 Å². The van der Waals surface area contributed by atoms with E-state index in [1.807, 2.05) is 0 Å². The lowest BCUT2D eigenvalue weighted by atomic mass is 9.89. The summed E-state index contributed by atoms with van der Waals surface area (Å²) in [6, 6.07) is 6.39. The molecule has 37 heavy (non-hydrogen) atoms. The number of nitriles is 1. The number of thiophene rings is 1. The molecule has 3 aromatic rings. The van der Waals surface area contributed by atoms with Gasteiger partial charge < -0.3 is 15.4 Å². The van der Waals surface area contributed by atoms with Gasteiger partial charge in [0.05, 0.1) is 23.2 Å². The molecule has 1 amide bonds. The zero-order valence-electron chi connectivity index (χ0n) is 19.9. The van der Waals surface area contributed by atoms with Crippen molar-refractivity contribution in [2.45, 2.75) is 50.9 Å². The molecule has 0 radical (unpaired) electrons. The molecule has 0 unspecified atom stereocenters. The SMILES string of the molecule is COc1ccc([C@@H]2C[C@@H](C(F)(F)F)n3nc(C(=O)Nc4sc5c(c4C#N)CC[C@H](C)C5)c(Br)c3N2)cc1. The quantitative estimate of drug-likeness (QED) is 0.354. The Kier molecular flexibility index (Phi) is 6.70. The lowest BCUT2D eigenvalue weighted by Gasteiger charge is -2.33. The molecule has 3 atom stereocenters. The van der Waals surface area contributed by atoms with Crippen LogP contribution in [0.1, 0.15) is 63.9 Å². The van der Waals surface area contributed by atoms with Crippen molar-refractivity contribution < 1.29 is 22.7 Å². The van der Waals surface area contributed by atoms with Gasteiger partial charge in [0.1, 0.15) is 22.6 Å². The molecule has 1 aliphatic carbocycles. The number of methoxy groups -OCH3 is 1. The summed E-state index contributed by atoms with van der Waals surface area (Å²) in [6.07, 6.45) is -2.33. The van der Waals surface area contributed by atoms with E-state index < -0.39 is 24.2 Å². The molecule has 194 valence electrons. The second-order valence-corrected chi connectivity index (χ2v) is 11.2. The predicted octanol–water partition coefficient (Wildman–Crippen LogP) is 6.62. The summed E-state index contributed by atoms with van der Waals surface area (Å²) in [5.41, 5.74) is 1.84. The summed E-state index contributed by atoms with van der Waals surface area (Å²) >= 11 is 4.66. The lowest BCUT2D eigenvalue weighted by Crippen LogP contribution is -2.35. The molecule has 7 nitrogen and oxygen atoms in total. The third kappa shape index (κ3) is 4.70. The predicted molar refractivity (Wildman–Crippen MR) is 137 cm³/mol. The molecule has 0 bridgehead atoms. The molecule has 0 fully saturated rings. The van der Waals surface area contributed by atoms with Crippen molar-refractivity contribution in [2.75, 3.05) is 17.7 Å². The van der Waals surface area contributed by atoms with Crippen LogP contribution in [-0.4, -0.2) is 29.0 Å². The number of aromatic nitrogens is 2. The largest absolute Gasteiger partial charge is 0.497 e. The highest BCUT2D eigenvalue weighted by atomic mass is 79.9. The third-order valence-corrected chi connectivity index (χ3v) is 8.80. The Balaban J connectivity index is 1.47. The molecule has 2 aromatic heterocycles. The van der Waals surface area contributed by atoms with Gasteiger partial charge in [-0.3, -0.25) is 4.79 Å². The lowest BCUT2D eigenvalue weighted by molar-refractivity contribution is -0.173. The number of anilines is 2. The van der Waals surface area contributed by atoms with Gasteiger partial charge in [0, 0.05) is 11.3 Å². The minimum absolute atomic E-state index is 0.0688. The summed E-state index contributed by atoms with van der Waals surface area (Å²) in [5, 5.41) is 20.1. The summed E-state index contributed by atoms with van der Waals surface area (Å²) in [6.45, 7) is 2.14. The van der Waals surface area contributed by atoms with Crippen LogP contribution in [0.2, 0.25) is 0 Å². The van der Waals surface area contributed by atoms with Crippen LogP contribution in [0.3, 0.4) is 0 Å². The van der Waals surface area contributed by atoms with Crippen molar-refractivity contribution in [3.05, 3.63) is 56.0 Å². The van der Waals surface area contributed by atoms with Crippen molar-refractivity contribution in [1.29, 1.82) is 5.26 Å². The van der Waals surface area contributed by atoms with E-state index in [-0.39, 0.29) is 22.4 Å². The molecule has 2 N–H and O–H groups in total. The molecular formula is C25H23BrF3N5O2S. The highest BCUT2D eigenvalue weighted by Crippen LogP contribution is 2.47. The molecule has 2 aliphatic rings. The van der Waals surface area contributed by atoms with Crippen molar-refractivity contribution in [2.24, 2.45) is 5.92 Å². The molecule has 12 heteroatoms. The van der Waals surface area contributed by atoms with Gasteiger partial charge in [0.2, 0.25) is 0 Å². The average Bonchev–Trinajstić information content (AvgIpc) is 3.39. The summed E-state index contributed by atoms with van der Waals surface area (Å²) in [7, 11) is 1.52. The van der Waals surface area contributed by atoms with Crippen LogP contribution in [0.25, 0.3) is 0 Å². The van der Waals surface area contributed by atoms with Crippen molar-refractivity contribution in [3.8, 4) is 11.8 Å². The van der Waals surface area contributed by atoms with Gasteiger partial charge in [-0.15, -0.1) is 11.3 Å². The number of hydrogen-bond acceptors (Lipinski definition) is 6. The zero-order chi connectivity index (χ0) is 26.5. The van der Waals surface area contributed by atoms with E-state index in [4.69, 9.17) is 4.74 Å². The van der Waals surface area contributed by atoms with Gasteiger partial charge in [-0.2, -0.15) is 23.5 Å². The number of nitrogens with one attached hydrogen (secondary N) is 2. The number of carbonyl (C=O) groups is 1. The molecule has 1 aromatic carbocycles. The summed E-state index contributed by atoms with van der Waals surface area (Å²) in [5.74, 6) is 0.470. The van der Waals surface area contributed by atoms with Crippen LogP contribution < -0.4 is 15.4 Å². The van der Waals surface area contributed by atoms with E-state index in [1.54, 1.807) is 24.3 Å². The molecule has 1 aliphatic heterocycles. The Labute approximate surface area is 223 Å². The Hall–Kier alpha value is -3.04. The molecule has 0 spiro atoms. The summed E-state index contributed by atoms with van der Waals surface area (Å²) < 4.78 is 48.5. The van der Waals surface area contributed by atoms with Gasteiger partial charge >= 0.3 is 6.18 Å². The number of fused-ring (bicyclic) bond motifs is 2. The minimum Gasteiger partial charge on any atom is -0.497 e. The molecular weight excluding hydrogens is 571 g/mol. The summed E-state index contributed by atoms with van der Waals surface area (Å²) in [4.78, 5) is 14.3. The number of rotatable bonds is 4. The van der Waals surface area contributed by atoms with E-state index >= 15 is 0 Å². The van der Waals surface area contributed by atoms with E-state index in [9.17, 15) is 23.2 Å². The van der Waals surface area contributed by atoms with Gasteiger partial charge in [-0.05, 0) is 64.4 Å². The van der Waals surface area contributed by atoms with Crippen LogP contribution in [0, 0.1) is 17.2 Å². The topological polar surface area (TPSA) is 92.0 Å². The minimum atomic E-state index is -4.59. The maximum atomic E-state index is 14.1. The van der Waals surface area contributed by atoms with Crippen molar-refractivity contribution in [3.63, 3.8) is 0 Å². The van der Waals surface area contributed by atoms with Crippen LogP contribution in [-0.2, 0) is 12.8 Å². The number of alkyl halides is 3. The molecule has 0 saturated heterocycles. The number of carbonyl (C=O) groups excluding carboxylic acids is 1. The van der Waals surface area contributed by atoms with Crippen molar-refractivity contribution >= 4 is 44.0 Å². The zero-order valence-corrected chi connectivity index (χ0v) is 22.4. The fraction of sp³-hybridized carbons (Fsp3) is 0.400. The van der Waals surface area contributed by atoms with Gasteiger partial charge in [0.25, 0.3) is 5.91 Å². The van der Waals surface area contributed by atoms with E-state index in [2.05, 4.69) is 44.7 Å². The normalized spacial score (nSPS) is 20.8. The van der Waals surface area contributed by atoms with Crippen LogP contribution >= 0.6 is 27.3 Å². The average molecular weight is 594 g/mol. The van der Waals surface area contributed by atoms with Crippen LogP contribution in [0.5, 0.6) is 5.75 Å². The van der Waals surface area contributed by atoms with E-state index in [0.717, 1.165) is 34.4 Å². The van der Waals surface area contributed by atoms with Gasteiger partial charge in [-0.1, -0.05) is 19.1 Å². The number of ether oxygens (including phenoxy) is 1. The highest BCUT2D eigenvalue weighted by Gasteiger charge is 2.48. The first-order chi connectivity index (χ1) is 17.6. The Bertz CT molecular complexity index is 1390. The number of amides is 1. The maximum Gasteiger partial charge on any atom is 0.410 e. The Morgan fingerprint density at radius 3 is 2.73 bits per heavy atom. The smallest absolute Gasteiger partial charge is 0.410 e. The second kappa shape index (κ2) is 9.68. The monoisotopic (exact) mass is 593 g/mol. The first-order valence-electron chi connectivity index (χ1n) is 11.7. The van der Waals surface area contributed by atoms with Gasteiger partial charge in [0.15, 0.2) is 11.7 Å². The number of benzene rings is 1.